The summed E-state index contributed by atoms with van der Waals surface area (Å²) >= 11 is 5.25. The van der Waals surface area contributed by atoms with Crippen LogP contribution in [0.15, 0.2) is 54.6 Å². The van der Waals surface area contributed by atoms with Gasteiger partial charge in [-0.2, -0.15) is 0 Å². The molecule has 0 heterocycles. The Morgan fingerprint density at radius 3 is 2.50 bits per heavy atom. The first-order valence-corrected chi connectivity index (χ1v) is 7.99. The predicted molar refractivity (Wildman–Crippen MR) is 98.9 cm³/mol. The molecule has 2 aromatic carbocycles. The van der Waals surface area contributed by atoms with Crippen LogP contribution in [0.2, 0.25) is 0 Å². The molecule has 3 rings (SSSR count). The van der Waals surface area contributed by atoms with Gasteiger partial charge in [0.1, 0.15) is 5.75 Å². The molecule has 5 nitrogen and oxygen atoms in total. The summed E-state index contributed by atoms with van der Waals surface area (Å²) in [6.07, 6.45) is 1.55. The monoisotopic (exact) mass is 339 g/mol. The maximum Gasteiger partial charge on any atom is 0.189 e. The van der Waals surface area contributed by atoms with E-state index in [-0.39, 0.29) is 5.78 Å². The molecular formula is C18H17N3O2S. The van der Waals surface area contributed by atoms with E-state index in [1.165, 1.54) is 0 Å². The minimum atomic E-state index is -0.0136. The van der Waals surface area contributed by atoms with Gasteiger partial charge in [-0.3, -0.25) is 15.6 Å². The lowest BCUT2D eigenvalue weighted by atomic mass is 10.1. The fraction of sp³-hybridized carbons (Fsp3) is 0.111. The van der Waals surface area contributed by atoms with E-state index < -0.39 is 0 Å². The van der Waals surface area contributed by atoms with Gasteiger partial charge in [-0.25, -0.2) is 0 Å². The quantitative estimate of drug-likeness (QED) is 0.575. The summed E-state index contributed by atoms with van der Waals surface area (Å²) < 4.78 is 5.40. The fourth-order valence-electron chi connectivity index (χ4n) is 2.41. The minimum Gasteiger partial charge on any atom is -0.494 e. The summed E-state index contributed by atoms with van der Waals surface area (Å²) in [5, 5.41) is 3.46. The molecule has 0 aliphatic heterocycles. The zero-order valence-electron chi connectivity index (χ0n) is 13.1. The number of fused-ring (bicyclic) bond motifs is 1. The molecule has 0 saturated carbocycles. The summed E-state index contributed by atoms with van der Waals surface area (Å²) in [6.45, 7) is 2.57. The number of ketones is 1. The van der Waals surface area contributed by atoms with Crippen molar-refractivity contribution < 1.29 is 9.53 Å². The van der Waals surface area contributed by atoms with Gasteiger partial charge in [0.05, 0.1) is 12.3 Å². The first kappa shape index (κ1) is 16.0. The van der Waals surface area contributed by atoms with Gasteiger partial charge in [-0.05, 0) is 43.4 Å². The second-order valence-corrected chi connectivity index (χ2v) is 5.54. The van der Waals surface area contributed by atoms with E-state index in [1.807, 2.05) is 49.4 Å². The van der Waals surface area contributed by atoms with Crippen LogP contribution in [0.4, 0.5) is 5.69 Å². The van der Waals surface area contributed by atoms with Gasteiger partial charge in [-0.15, -0.1) is 0 Å². The number of hydrogen-bond acceptors (Lipinski definition) is 4. The third-order valence-corrected chi connectivity index (χ3v) is 3.70. The van der Waals surface area contributed by atoms with E-state index in [2.05, 4.69) is 16.2 Å². The van der Waals surface area contributed by atoms with Crippen LogP contribution in [0.3, 0.4) is 0 Å². The molecule has 1 aliphatic carbocycles. The van der Waals surface area contributed by atoms with Gasteiger partial charge in [0.2, 0.25) is 0 Å². The fourth-order valence-corrected chi connectivity index (χ4v) is 2.58. The molecule has 0 amide bonds. The Bertz CT molecular complexity index is 800. The molecule has 0 bridgehead atoms. The Labute approximate surface area is 145 Å². The summed E-state index contributed by atoms with van der Waals surface area (Å²) in [5.41, 5.74) is 8.96. The number of ether oxygens (including phenoxy) is 1. The molecular weight excluding hydrogens is 322 g/mol. The van der Waals surface area contributed by atoms with Gasteiger partial charge in [-0.1, -0.05) is 24.3 Å². The normalized spacial score (nSPS) is 12.2. The Hall–Kier alpha value is -2.86. The highest BCUT2D eigenvalue weighted by Crippen LogP contribution is 2.24. The number of carbonyl (C=O) groups excluding carboxylic acids is 1. The molecule has 0 atom stereocenters. The van der Waals surface area contributed by atoms with Crippen molar-refractivity contribution in [3.63, 3.8) is 0 Å². The van der Waals surface area contributed by atoms with Crippen molar-refractivity contribution in [2.75, 3.05) is 11.9 Å². The van der Waals surface area contributed by atoms with Crippen LogP contribution in [0, 0.1) is 0 Å². The minimum absolute atomic E-state index is 0.0136. The van der Waals surface area contributed by atoms with Crippen LogP contribution in [0.5, 0.6) is 5.75 Å². The first-order chi connectivity index (χ1) is 11.7. The lowest BCUT2D eigenvalue weighted by molar-refractivity contribution is 0.105. The van der Waals surface area contributed by atoms with E-state index in [0.29, 0.717) is 23.0 Å². The lowest BCUT2D eigenvalue weighted by Crippen LogP contribution is -2.38. The molecule has 122 valence electrons. The molecule has 1 aliphatic rings. The van der Waals surface area contributed by atoms with Gasteiger partial charge >= 0.3 is 0 Å². The van der Waals surface area contributed by atoms with Gasteiger partial charge in [0, 0.05) is 22.9 Å². The maximum absolute atomic E-state index is 11.9. The number of carbonyl (C=O) groups is 1. The molecule has 24 heavy (non-hydrogen) atoms. The highest BCUT2D eigenvalue weighted by Gasteiger charge is 2.20. The number of rotatable bonds is 5. The number of benzene rings is 2. The lowest BCUT2D eigenvalue weighted by Gasteiger charge is -2.14. The van der Waals surface area contributed by atoms with E-state index in [4.69, 9.17) is 17.0 Å². The Kier molecular flexibility index (Phi) is 4.77. The largest absolute Gasteiger partial charge is 0.494 e. The van der Waals surface area contributed by atoms with Crippen LogP contribution in [0.1, 0.15) is 22.8 Å². The first-order valence-electron chi connectivity index (χ1n) is 7.58. The second-order valence-electron chi connectivity index (χ2n) is 5.13. The van der Waals surface area contributed by atoms with E-state index >= 15 is 0 Å². The van der Waals surface area contributed by atoms with Crippen molar-refractivity contribution in [1.29, 1.82) is 0 Å². The molecule has 0 aromatic heterocycles. The molecule has 0 fully saturated rings. The van der Waals surface area contributed by atoms with Gasteiger partial charge in [0.15, 0.2) is 10.9 Å². The summed E-state index contributed by atoms with van der Waals surface area (Å²) in [6, 6.07) is 14.9. The van der Waals surface area contributed by atoms with Crippen LogP contribution in [-0.4, -0.2) is 17.5 Å². The smallest absolute Gasteiger partial charge is 0.189 e. The summed E-state index contributed by atoms with van der Waals surface area (Å²) in [5.74, 6) is 0.798. The van der Waals surface area contributed by atoms with Crippen molar-refractivity contribution >= 4 is 34.5 Å². The number of thiocarbonyl (C=S) groups is 1. The number of anilines is 1. The molecule has 2 aromatic rings. The second kappa shape index (κ2) is 7.14. The molecule has 0 saturated heterocycles. The molecule has 0 radical (unpaired) electrons. The molecule has 6 heteroatoms. The van der Waals surface area contributed by atoms with Crippen LogP contribution in [-0.2, 0) is 0 Å². The Morgan fingerprint density at radius 2 is 1.79 bits per heavy atom. The van der Waals surface area contributed by atoms with Crippen molar-refractivity contribution in [3.05, 3.63) is 65.7 Å². The average molecular weight is 339 g/mol. The topological polar surface area (TPSA) is 62.4 Å². The van der Waals surface area contributed by atoms with E-state index in [9.17, 15) is 4.79 Å². The van der Waals surface area contributed by atoms with Crippen LogP contribution < -0.4 is 20.9 Å². The molecule has 3 N–H and O–H groups in total. The third kappa shape index (κ3) is 3.55. The maximum atomic E-state index is 11.9. The van der Waals surface area contributed by atoms with E-state index in [0.717, 1.165) is 17.0 Å². The zero-order chi connectivity index (χ0) is 16.9. The highest BCUT2D eigenvalue weighted by atomic mass is 32.1. The van der Waals surface area contributed by atoms with Gasteiger partial charge < -0.3 is 10.1 Å². The highest BCUT2D eigenvalue weighted by molar-refractivity contribution is 7.80. The zero-order valence-corrected chi connectivity index (χ0v) is 13.9. The number of allylic oxidation sites excluding steroid dienone is 1. The number of hydrogen-bond donors (Lipinski definition) is 3. The molecule has 0 spiro atoms. The average Bonchev–Trinajstić information content (AvgIpc) is 2.92. The standard InChI is InChI=1S/C18H17N3O2S/c1-2-23-13-9-7-12(8-10-13)19-18(24)21-20-16-11-17(22)15-6-4-3-5-14(15)16/h3-11,20H,2H2,1H3,(H2,19,21,24). The number of nitrogens with one attached hydrogen (secondary N) is 3. The van der Waals surface area contributed by atoms with Crippen LogP contribution in [0.25, 0.3) is 5.70 Å². The Balaban J connectivity index is 1.57. The Morgan fingerprint density at radius 1 is 1.08 bits per heavy atom. The summed E-state index contributed by atoms with van der Waals surface area (Å²) in [7, 11) is 0. The SMILES string of the molecule is CCOc1ccc(NC(=S)NNC2=CC(=O)c3ccccc32)cc1. The third-order valence-electron chi connectivity index (χ3n) is 3.49. The number of hydrazine groups is 1. The van der Waals surface area contributed by atoms with Gasteiger partial charge in [0.25, 0.3) is 0 Å². The predicted octanol–water partition coefficient (Wildman–Crippen LogP) is 3.11. The van der Waals surface area contributed by atoms with Crippen LogP contribution >= 0.6 is 12.2 Å². The van der Waals surface area contributed by atoms with Crippen molar-refractivity contribution in [1.82, 2.24) is 10.9 Å². The van der Waals surface area contributed by atoms with Crippen molar-refractivity contribution in [2.24, 2.45) is 0 Å². The van der Waals surface area contributed by atoms with Crippen molar-refractivity contribution in [3.8, 4) is 5.75 Å². The van der Waals surface area contributed by atoms with Crippen molar-refractivity contribution in [2.45, 2.75) is 6.92 Å². The summed E-state index contributed by atoms with van der Waals surface area (Å²) in [4.78, 5) is 11.9. The van der Waals surface area contributed by atoms with E-state index in [1.54, 1.807) is 12.1 Å². The molecule has 0 unspecified atom stereocenters.